The van der Waals surface area contributed by atoms with Crippen LogP contribution in [0.2, 0.25) is 5.02 Å². The smallest absolute Gasteiger partial charge is 0.354 e. The number of fused-ring (bicyclic) bond motifs is 2. The first-order chi connectivity index (χ1) is 16.4. The van der Waals surface area contributed by atoms with Crippen molar-refractivity contribution in [2.75, 3.05) is 12.0 Å². The number of nitrogens with zero attached hydrogens (tertiary/aromatic N) is 2. The molecule has 2 amide bonds. The van der Waals surface area contributed by atoms with Gasteiger partial charge in [-0.25, -0.2) is 9.69 Å². The van der Waals surface area contributed by atoms with Gasteiger partial charge in [-0.15, -0.1) is 0 Å². The average molecular weight is 475 g/mol. The lowest BCUT2D eigenvalue weighted by molar-refractivity contribution is -0.117. The molecule has 0 fully saturated rings. The molecule has 0 atom stereocenters. The highest BCUT2D eigenvalue weighted by molar-refractivity contribution is 6.33. The van der Waals surface area contributed by atoms with Gasteiger partial charge in [-0.3, -0.25) is 9.59 Å². The van der Waals surface area contributed by atoms with Crippen LogP contribution in [0.25, 0.3) is 10.9 Å². The highest BCUT2D eigenvalue weighted by Gasteiger charge is 2.37. The van der Waals surface area contributed by atoms with E-state index in [2.05, 4.69) is 0 Å². The van der Waals surface area contributed by atoms with Crippen LogP contribution in [0.15, 0.2) is 66.7 Å². The van der Waals surface area contributed by atoms with Crippen LogP contribution >= 0.6 is 11.6 Å². The number of halogens is 1. The Morgan fingerprint density at radius 3 is 2.62 bits per heavy atom. The summed E-state index contributed by atoms with van der Waals surface area (Å²) in [6, 6.07) is 19.0. The molecule has 5 rings (SSSR count). The normalized spacial score (nSPS) is 13.3. The Kier molecular flexibility index (Phi) is 5.34. The van der Waals surface area contributed by atoms with E-state index in [1.807, 2.05) is 12.1 Å². The Morgan fingerprint density at radius 1 is 1.06 bits per heavy atom. The van der Waals surface area contributed by atoms with E-state index in [1.54, 1.807) is 66.3 Å². The molecule has 1 aliphatic heterocycles. The van der Waals surface area contributed by atoms with Crippen LogP contribution in [0.5, 0.6) is 5.75 Å². The predicted octanol–water partition coefficient (Wildman–Crippen LogP) is 4.78. The minimum absolute atomic E-state index is 0.00983. The number of methoxy groups -OCH3 is 1. The third-order valence-electron chi connectivity index (χ3n) is 5.94. The molecule has 1 aromatic heterocycles. The fourth-order valence-corrected chi connectivity index (χ4v) is 4.63. The van der Waals surface area contributed by atoms with Crippen molar-refractivity contribution in [3.05, 3.63) is 94.1 Å². The van der Waals surface area contributed by atoms with E-state index in [0.29, 0.717) is 32.8 Å². The Labute approximate surface area is 199 Å². The van der Waals surface area contributed by atoms with E-state index in [0.717, 1.165) is 10.5 Å². The number of amides is 2. The first-order valence-corrected chi connectivity index (χ1v) is 10.9. The van der Waals surface area contributed by atoms with E-state index in [9.17, 15) is 19.5 Å². The number of ether oxygens (including phenoxy) is 1. The topological polar surface area (TPSA) is 88.8 Å². The number of hydrogen-bond acceptors (Lipinski definition) is 4. The second-order valence-corrected chi connectivity index (χ2v) is 8.41. The third kappa shape index (κ3) is 3.50. The summed E-state index contributed by atoms with van der Waals surface area (Å²) in [5, 5.41) is 11.0. The number of imide groups is 1. The lowest BCUT2D eigenvalue weighted by atomic mass is 9.97. The van der Waals surface area contributed by atoms with Crippen molar-refractivity contribution in [2.24, 2.45) is 0 Å². The van der Waals surface area contributed by atoms with Gasteiger partial charge in [0.1, 0.15) is 5.75 Å². The molecule has 0 aliphatic carbocycles. The maximum Gasteiger partial charge on any atom is 0.354 e. The number of aromatic nitrogens is 1. The highest BCUT2D eigenvalue weighted by Crippen LogP contribution is 2.39. The van der Waals surface area contributed by atoms with Gasteiger partial charge in [-0.05, 0) is 47.5 Å². The number of rotatable bonds is 5. The van der Waals surface area contributed by atoms with Crippen molar-refractivity contribution in [1.82, 2.24) is 4.57 Å². The first-order valence-electron chi connectivity index (χ1n) is 10.5. The standard InChI is InChI=1S/C26H19ClN2O5/c1-34-18-7-4-5-15(11-18)14-28-21-10-9-17(27)13-20(21)23(24(28)26(32)33)29-22(30)12-16-6-2-3-8-19(16)25(29)31/h2-11,13H,12,14H2,1H3,(H,32,33). The molecule has 170 valence electrons. The predicted molar refractivity (Wildman–Crippen MR) is 128 cm³/mol. The number of benzene rings is 3. The second-order valence-electron chi connectivity index (χ2n) is 7.97. The van der Waals surface area contributed by atoms with Crippen LogP contribution in [0, 0.1) is 0 Å². The van der Waals surface area contributed by atoms with Crippen molar-refractivity contribution in [3.8, 4) is 5.75 Å². The van der Waals surface area contributed by atoms with Gasteiger partial charge in [-0.2, -0.15) is 0 Å². The van der Waals surface area contributed by atoms with Crippen molar-refractivity contribution in [2.45, 2.75) is 13.0 Å². The molecule has 3 aromatic carbocycles. The Balaban J connectivity index is 1.76. The molecule has 0 radical (unpaired) electrons. The largest absolute Gasteiger partial charge is 0.497 e. The summed E-state index contributed by atoms with van der Waals surface area (Å²) in [6.07, 6.45) is -0.00983. The zero-order valence-electron chi connectivity index (χ0n) is 18.1. The van der Waals surface area contributed by atoms with Crippen molar-refractivity contribution in [1.29, 1.82) is 0 Å². The number of carboxylic acids is 1. The fourth-order valence-electron chi connectivity index (χ4n) is 4.45. The van der Waals surface area contributed by atoms with E-state index >= 15 is 0 Å². The molecule has 0 unspecified atom stereocenters. The monoisotopic (exact) mass is 474 g/mol. The zero-order valence-corrected chi connectivity index (χ0v) is 18.9. The minimum Gasteiger partial charge on any atom is -0.497 e. The summed E-state index contributed by atoms with van der Waals surface area (Å²) < 4.78 is 6.88. The van der Waals surface area contributed by atoms with Gasteiger partial charge in [0.05, 0.1) is 24.7 Å². The van der Waals surface area contributed by atoms with Crippen molar-refractivity contribution in [3.63, 3.8) is 0 Å². The number of aromatic carboxylic acids is 1. The van der Waals surface area contributed by atoms with E-state index in [4.69, 9.17) is 16.3 Å². The molecule has 0 bridgehead atoms. The SMILES string of the molecule is COc1cccc(Cn2c(C(=O)O)c(N3C(=O)Cc4ccccc4C3=O)c3cc(Cl)ccc32)c1. The molecule has 7 nitrogen and oxygen atoms in total. The quantitative estimate of drug-likeness (QED) is 0.420. The molecule has 1 aliphatic rings. The lowest BCUT2D eigenvalue weighted by Crippen LogP contribution is -2.43. The maximum absolute atomic E-state index is 13.4. The van der Waals surface area contributed by atoms with E-state index in [1.165, 1.54) is 0 Å². The number of carboxylic acid groups (broad SMARTS) is 1. The van der Waals surface area contributed by atoms with Crippen LogP contribution in [0.4, 0.5) is 5.69 Å². The number of hydrogen-bond donors (Lipinski definition) is 1. The molecule has 4 aromatic rings. The molecule has 2 heterocycles. The number of anilines is 1. The van der Waals surface area contributed by atoms with Crippen molar-refractivity contribution < 1.29 is 24.2 Å². The molecule has 1 N–H and O–H groups in total. The van der Waals surface area contributed by atoms with Gasteiger partial charge in [-0.1, -0.05) is 41.9 Å². The molecule has 8 heteroatoms. The highest BCUT2D eigenvalue weighted by atomic mass is 35.5. The van der Waals surface area contributed by atoms with Crippen LogP contribution in [-0.2, 0) is 17.8 Å². The molecule has 0 saturated carbocycles. The Bertz CT molecular complexity index is 1490. The zero-order chi connectivity index (χ0) is 24.0. The van der Waals surface area contributed by atoms with Crippen LogP contribution in [-0.4, -0.2) is 34.6 Å². The number of carbonyl (C=O) groups excluding carboxylic acids is 2. The van der Waals surface area contributed by atoms with Gasteiger partial charge in [0.25, 0.3) is 5.91 Å². The van der Waals surface area contributed by atoms with Crippen LogP contribution in [0.3, 0.4) is 0 Å². The summed E-state index contributed by atoms with van der Waals surface area (Å²) in [5.41, 5.74) is 2.18. The molecular formula is C26H19ClN2O5. The van der Waals surface area contributed by atoms with Gasteiger partial charge in [0.15, 0.2) is 5.69 Å². The van der Waals surface area contributed by atoms with E-state index < -0.39 is 17.8 Å². The summed E-state index contributed by atoms with van der Waals surface area (Å²) in [5.74, 6) is -1.68. The molecule has 0 saturated heterocycles. The third-order valence-corrected chi connectivity index (χ3v) is 6.18. The molecule has 34 heavy (non-hydrogen) atoms. The minimum atomic E-state index is -1.26. The van der Waals surface area contributed by atoms with Crippen LogP contribution < -0.4 is 9.64 Å². The van der Waals surface area contributed by atoms with Gasteiger partial charge < -0.3 is 14.4 Å². The first kappa shape index (κ1) is 21.7. The molecular weight excluding hydrogens is 456 g/mol. The fraction of sp³-hybridized carbons (Fsp3) is 0.115. The number of carbonyl (C=O) groups is 3. The van der Waals surface area contributed by atoms with Gasteiger partial charge >= 0.3 is 5.97 Å². The van der Waals surface area contributed by atoms with E-state index in [-0.39, 0.29) is 24.3 Å². The Hall–Kier alpha value is -4.10. The summed E-state index contributed by atoms with van der Waals surface area (Å²) in [4.78, 5) is 40.2. The van der Waals surface area contributed by atoms with Gasteiger partial charge in [0.2, 0.25) is 5.91 Å². The second kappa shape index (κ2) is 8.35. The molecule has 0 spiro atoms. The summed E-state index contributed by atoms with van der Waals surface area (Å²) >= 11 is 6.26. The summed E-state index contributed by atoms with van der Waals surface area (Å²) in [7, 11) is 1.55. The van der Waals surface area contributed by atoms with Crippen molar-refractivity contribution >= 4 is 46.0 Å². The lowest BCUT2D eigenvalue weighted by Gasteiger charge is -2.27. The van der Waals surface area contributed by atoms with Crippen LogP contribution in [0.1, 0.15) is 32.0 Å². The average Bonchev–Trinajstić information content (AvgIpc) is 3.12. The Morgan fingerprint density at radius 2 is 1.85 bits per heavy atom. The summed E-state index contributed by atoms with van der Waals surface area (Å²) in [6.45, 7) is 0.184. The maximum atomic E-state index is 13.4. The van der Waals surface area contributed by atoms with Gasteiger partial charge in [0, 0.05) is 22.5 Å².